The lowest BCUT2D eigenvalue weighted by Crippen LogP contribution is -2.40. The van der Waals surface area contributed by atoms with Crippen LogP contribution in [-0.4, -0.2) is 40.1 Å². The van der Waals surface area contributed by atoms with E-state index in [1.165, 1.54) is 56.9 Å². The highest BCUT2D eigenvalue weighted by molar-refractivity contribution is 5.81. The van der Waals surface area contributed by atoms with Gasteiger partial charge >= 0.3 is 0 Å². The summed E-state index contributed by atoms with van der Waals surface area (Å²) in [5, 5.41) is 4.17. The molecular formula is C25H38N4O2. The summed E-state index contributed by atoms with van der Waals surface area (Å²) in [6.07, 6.45) is 12.7. The molecule has 3 rings (SSSR count). The number of nitrogens with zero attached hydrogens (tertiary/aromatic N) is 3. The van der Waals surface area contributed by atoms with Gasteiger partial charge in [-0.15, -0.1) is 0 Å². The first-order valence-electron chi connectivity index (χ1n) is 12.1. The van der Waals surface area contributed by atoms with E-state index in [0.717, 1.165) is 18.4 Å². The highest BCUT2D eigenvalue weighted by atomic mass is 16.5. The van der Waals surface area contributed by atoms with Gasteiger partial charge in [0, 0.05) is 18.7 Å². The third kappa shape index (κ3) is 6.89. The van der Waals surface area contributed by atoms with Crippen molar-refractivity contribution in [3.63, 3.8) is 0 Å². The van der Waals surface area contributed by atoms with Crippen molar-refractivity contribution in [1.82, 2.24) is 15.0 Å². The summed E-state index contributed by atoms with van der Waals surface area (Å²) in [4.78, 5) is 18.5. The van der Waals surface area contributed by atoms with Gasteiger partial charge < -0.3 is 15.2 Å². The van der Waals surface area contributed by atoms with Crippen molar-refractivity contribution in [1.29, 1.82) is 0 Å². The van der Waals surface area contributed by atoms with E-state index in [-0.39, 0.29) is 11.8 Å². The van der Waals surface area contributed by atoms with E-state index in [2.05, 4.69) is 41.3 Å². The van der Waals surface area contributed by atoms with Gasteiger partial charge in [-0.25, -0.2) is 0 Å². The third-order valence-electron chi connectivity index (χ3n) is 6.21. The lowest BCUT2D eigenvalue weighted by molar-refractivity contribution is -0.131. The molecule has 2 aromatic rings. The zero-order valence-corrected chi connectivity index (χ0v) is 19.2. The zero-order valence-electron chi connectivity index (χ0n) is 19.2. The molecule has 2 heterocycles. The maximum atomic E-state index is 12.1. The predicted molar refractivity (Wildman–Crippen MR) is 124 cm³/mol. The standard InChI is InChI=1S/C25H38N4O2/c1-3-4-5-6-7-8-9-10-11-20-12-14-21(15-13-20)23-27-24(31-28-23)22-16-17-29(18-22)25(30)19(2)26/h12-15,19,22H,3-11,16-18,26H2,1-2H3/t19-,22+/m0/s1. The molecule has 1 aromatic heterocycles. The Hall–Kier alpha value is -2.21. The fraction of sp³-hybridized carbons (Fsp3) is 0.640. The van der Waals surface area contributed by atoms with Gasteiger partial charge in [0.15, 0.2) is 0 Å². The quantitative estimate of drug-likeness (QED) is 0.478. The van der Waals surface area contributed by atoms with E-state index in [9.17, 15) is 4.79 Å². The number of hydrogen-bond donors (Lipinski definition) is 1. The van der Waals surface area contributed by atoms with Crippen molar-refractivity contribution < 1.29 is 9.32 Å². The van der Waals surface area contributed by atoms with Crippen LogP contribution in [0.5, 0.6) is 0 Å². The molecule has 0 aliphatic carbocycles. The number of hydrogen-bond acceptors (Lipinski definition) is 5. The van der Waals surface area contributed by atoms with Crippen molar-refractivity contribution in [3.05, 3.63) is 35.7 Å². The molecule has 2 N–H and O–H groups in total. The van der Waals surface area contributed by atoms with Crippen LogP contribution in [0.1, 0.15) is 89.0 Å². The molecule has 0 radical (unpaired) electrons. The molecule has 1 aliphatic heterocycles. The molecule has 0 bridgehead atoms. The van der Waals surface area contributed by atoms with Gasteiger partial charge in [0.2, 0.25) is 17.6 Å². The van der Waals surface area contributed by atoms with Gasteiger partial charge in [-0.05, 0) is 31.7 Å². The molecule has 0 unspecified atom stereocenters. The first-order valence-corrected chi connectivity index (χ1v) is 12.1. The second kappa shape index (κ2) is 12.0. The molecule has 1 amide bonds. The van der Waals surface area contributed by atoms with E-state index in [1.807, 2.05) is 0 Å². The molecule has 170 valence electrons. The number of likely N-dealkylation sites (tertiary alicyclic amines) is 1. The SMILES string of the molecule is CCCCCCCCCCc1ccc(-c2noc([C@@H]3CCN(C(=O)[C@H](C)N)C3)n2)cc1. The maximum absolute atomic E-state index is 12.1. The summed E-state index contributed by atoms with van der Waals surface area (Å²) in [7, 11) is 0. The minimum absolute atomic E-state index is 0.0191. The van der Waals surface area contributed by atoms with Crippen LogP contribution in [0.25, 0.3) is 11.4 Å². The minimum Gasteiger partial charge on any atom is -0.341 e. The first-order chi connectivity index (χ1) is 15.1. The fourth-order valence-corrected chi connectivity index (χ4v) is 4.25. The lowest BCUT2D eigenvalue weighted by Gasteiger charge is -2.17. The lowest BCUT2D eigenvalue weighted by atomic mass is 10.0. The molecule has 6 nitrogen and oxygen atoms in total. The van der Waals surface area contributed by atoms with Crippen LogP contribution in [0.3, 0.4) is 0 Å². The van der Waals surface area contributed by atoms with Gasteiger partial charge in [-0.3, -0.25) is 4.79 Å². The summed E-state index contributed by atoms with van der Waals surface area (Å²) in [6.45, 7) is 5.27. The second-order valence-corrected chi connectivity index (χ2v) is 8.94. The van der Waals surface area contributed by atoms with E-state index in [1.54, 1.807) is 11.8 Å². The monoisotopic (exact) mass is 426 g/mol. The topological polar surface area (TPSA) is 85.2 Å². The number of aryl methyl sites for hydroxylation is 1. The number of carbonyl (C=O) groups is 1. The van der Waals surface area contributed by atoms with Crippen LogP contribution >= 0.6 is 0 Å². The van der Waals surface area contributed by atoms with Crippen LogP contribution in [0.4, 0.5) is 0 Å². The van der Waals surface area contributed by atoms with Crippen LogP contribution in [0.15, 0.2) is 28.8 Å². The average Bonchev–Trinajstić information content (AvgIpc) is 3.45. The Kier molecular flexibility index (Phi) is 9.07. The van der Waals surface area contributed by atoms with Crippen LogP contribution in [-0.2, 0) is 11.2 Å². The number of unbranched alkanes of at least 4 members (excludes halogenated alkanes) is 7. The van der Waals surface area contributed by atoms with E-state index in [4.69, 9.17) is 10.3 Å². The van der Waals surface area contributed by atoms with Crippen molar-refractivity contribution in [2.75, 3.05) is 13.1 Å². The number of rotatable bonds is 12. The summed E-state index contributed by atoms with van der Waals surface area (Å²) < 4.78 is 5.52. The number of aromatic nitrogens is 2. The van der Waals surface area contributed by atoms with E-state index < -0.39 is 6.04 Å². The molecule has 31 heavy (non-hydrogen) atoms. The Morgan fingerprint density at radius 2 is 1.81 bits per heavy atom. The molecule has 6 heteroatoms. The fourth-order valence-electron chi connectivity index (χ4n) is 4.25. The third-order valence-corrected chi connectivity index (χ3v) is 6.21. The Bertz CT molecular complexity index is 800. The molecule has 1 aromatic carbocycles. The van der Waals surface area contributed by atoms with Crippen LogP contribution < -0.4 is 5.73 Å². The zero-order chi connectivity index (χ0) is 22.1. The van der Waals surface area contributed by atoms with Gasteiger partial charge in [0.05, 0.1) is 12.0 Å². The Labute approximate surface area is 186 Å². The second-order valence-electron chi connectivity index (χ2n) is 8.94. The largest absolute Gasteiger partial charge is 0.341 e. The van der Waals surface area contributed by atoms with Gasteiger partial charge in [0.25, 0.3) is 0 Å². The van der Waals surface area contributed by atoms with Gasteiger partial charge in [-0.2, -0.15) is 4.98 Å². The Balaban J connectivity index is 1.43. The molecule has 0 spiro atoms. The number of nitrogens with two attached hydrogens (primary N) is 1. The smallest absolute Gasteiger partial charge is 0.239 e. The number of benzene rings is 1. The highest BCUT2D eigenvalue weighted by Crippen LogP contribution is 2.28. The Morgan fingerprint density at radius 3 is 2.48 bits per heavy atom. The molecule has 1 fully saturated rings. The summed E-state index contributed by atoms with van der Waals surface area (Å²) >= 11 is 0. The Morgan fingerprint density at radius 1 is 1.13 bits per heavy atom. The maximum Gasteiger partial charge on any atom is 0.239 e. The molecule has 1 aliphatic rings. The van der Waals surface area contributed by atoms with Crippen molar-refractivity contribution in [2.24, 2.45) is 5.73 Å². The van der Waals surface area contributed by atoms with Gasteiger partial charge in [-0.1, -0.05) is 81.3 Å². The van der Waals surface area contributed by atoms with E-state index >= 15 is 0 Å². The predicted octanol–water partition coefficient (Wildman–Crippen LogP) is 5.08. The highest BCUT2D eigenvalue weighted by Gasteiger charge is 2.32. The van der Waals surface area contributed by atoms with Crippen LogP contribution in [0.2, 0.25) is 0 Å². The van der Waals surface area contributed by atoms with Gasteiger partial charge in [0.1, 0.15) is 0 Å². The normalized spacial score (nSPS) is 17.3. The summed E-state index contributed by atoms with van der Waals surface area (Å²) in [6, 6.07) is 8.03. The van der Waals surface area contributed by atoms with Crippen LogP contribution in [0, 0.1) is 0 Å². The number of amides is 1. The van der Waals surface area contributed by atoms with Crippen molar-refractivity contribution in [3.8, 4) is 11.4 Å². The molecule has 0 saturated carbocycles. The van der Waals surface area contributed by atoms with Crippen molar-refractivity contribution in [2.45, 2.75) is 90.0 Å². The minimum atomic E-state index is -0.471. The summed E-state index contributed by atoms with van der Waals surface area (Å²) in [5.74, 6) is 1.29. The van der Waals surface area contributed by atoms with Crippen molar-refractivity contribution >= 4 is 5.91 Å². The molecular weight excluding hydrogens is 388 g/mol. The summed E-state index contributed by atoms with van der Waals surface area (Å²) in [5.41, 5.74) is 8.05. The average molecular weight is 427 g/mol. The molecule has 1 saturated heterocycles. The number of carbonyl (C=O) groups excluding carboxylic acids is 1. The first kappa shape index (κ1) is 23.5. The molecule has 2 atom stereocenters. The van der Waals surface area contributed by atoms with E-state index in [0.29, 0.717) is 24.8 Å².